The van der Waals surface area contributed by atoms with Crippen LogP contribution >= 0.6 is 0 Å². The summed E-state index contributed by atoms with van der Waals surface area (Å²) in [5, 5.41) is 26.5. The average Bonchev–Trinajstić information content (AvgIpc) is 2.81. The summed E-state index contributed by atoms with van der Waals surface area (Å²) in [6.07, 6.45) is 1.71. The first-order valence-corrected chi connectivity index (χ1v) is 6.15. The van der Waals surface area contributed by atoms with Gasteiger partial charge in [0.15, 0.2) is 0 Å². The van der Waals surface area contributed by atoms with Crippen molar-refractivity contribution in [2.45, 2.75) is 6.92 Å². The van der Waals surface area contributed by atoms with Crippen molar-refractivity contribution in [3.8, 4) is 34.0 Å². The highest BCUT2D eigenvalue weighted by atomic mass is 16.3. The quantitative estimate of drug-likeness (QED) is 0.666. The number of hydrogen-bond acceptors (Lipinski definition) is 4. The zero-order valence-electron chi connectivity index (χ0n) is 10.8. The van der Waals surface area contributed by atoms with E-state index in [0.717, 1.165) is 17.0 Å². The zero-order chi connectivity index (χ0) is 14.1. The predicted octanol–water partition coefficient (Wildman–Crippen LogP) is 2.86. The summed E-state index contributed by atoms with van der Waals surface area (Å²) in [7, 11) is 0. The highest BCUT2D eigenvalue weighted by molar-refractivity contribution is 5.83. The number of phenolic OH excluding ortho intramolecular Hbond substituents is 2. The van der Waals surface area contributed by atoms with E-state index in [-0.39, 0.29) is 11.5 Å². The number of hydrogen-bond donors (Lipinski definition) is 3. The van der Waals surface area contributed by atoms with Crippen molar-refractivity contribution in [3.63, 3.8) is 0 Å². The van der Waals surface area contributed by atoms with Gasteiger partial charge in [-0.1, -0.05) is 6.07 Å². The van der Waals surface area contributed by atoms with E-state index in [2.05, 4.69) is 15.2 Å². The van der Waals surface area contributed by atoms with Crippen LogP contribution in [0.1, 0.15) is 5.69 Å². The Morgan fingerprint density at radius 1 is 1.10 bits per heavy atom. The van der Waals surface area contributed by atoms with Gasteiger partial charge in [-0.05, 0) is 31.2 Å². The van der Waals surface area contributed by atoms with Crippen LogP contribution in [0.2, 0.25) is 0 Å². The number of pyridine rings is 1. The summed E-state index contributed by atoms with van der Waals surface area (Å²) in [4.78, 5) is 4.32. The Kier molecular flexibility index (Phi) is 2.87. The van der Waals surface area contributed by atoms with Gasteiger partial charge in [0.25, 0.3) is 0 Å². The van der Waals surface area contributed by atoms with Crippen molar-refractivity contribution >= 4 is 0 Å². The maximum Gasteiger partial charge on any atom is 0.128 e. The maximum atomic E-state index is 9.99. The molecule has 20 heavy (non-hydrogen) atoms. The number of aryl methyl sites for hydroxylation is 1. The van der Waals surface area contributed by atoms with Gasteiger partial charge in [0.2, 0.25) is 0 Å². The summed E-state index contributed by atoms with van der Waals surface area (Å²) in [6.45, 7) is 1.90. The molecular formula is C15H13N3O2. The Labute approximate surface area is 115 Å². The van der Waals surface area contributed by atoms with Crippen LogP contribution in [0.5, 0.6) is 11.5 Å². The highest BCUT2D eigenvalue weighted by Gasteiger charge is 2.17. The third-order valence-electron chi connectivity index (χ3n) is 3.10. The number of H-pyrrole nitrogens is 1. The Hall–Kier alpha value is -2.82. The van der Waals surface area contributed by atoms with Gasteiger partial charge >= 0.3 is 0 Å². The Bertz CT molecular complexity index is 751. The van der Waals surface area contributed by atoms with Crippen molar-refractivity contribution in [1.82, 2.24) is 15.2 Å². The third-order valence-corrected chi connectivity index (χ3v) is 3.10. The van der Waals surface area contributed by atoms with Crippen molar-refractivity contribution < 1.29 is 10.2 Å². The molecule has 0 amide bonds. The van der Waals surface area contributed by atoms with Crippen LogP contribution in [0.25, 0.3) is 22.5 Å². The second-order valence-electron chi connectivity index (χ2n) is 4.49. The first kappa shape index (κ1) is 12.2. The number of rotatable bonds is 2. The van der Waals surface area contributed by atoms with Crippen LogP contribution < -0.4 is 0 Å². The molecule has 5 heteroatoms. The Morgan fingerprint density at radius 2 is 1.95 bits per heavy atom. The molecule has 0 aliphatic carbocycles. The normalized spacial score (nSPS) is 10.7. The molecule has 0 atom stereocenters. The first-order chi connectivity index (χ1) is 9.66. The molecular weight excluding hydrogens is 254 g/mol. The molecule has 0 saturated carbocycles. The lowest BCUT2D eigenvalue weighted by molar-refractivity contribution is 0.452. The van der Waals surface area contributed by atoms with Gasteiger partial charge in [-0.3, -0.25) is 10.1 Å². The Morgan fingerprint density at radius 3 is 2.65 bits per heavy atom. The molecule has 0 bridgehead atoms. The molecule has 0 aliphatic heterocycles. The maximum absolute atomic E-state index is 9.99. The average molecular weight is 267 g/mol. The highest BCUT2D eigenvalue weighted by Crippen LogP contribution is 2.37. The van der Waals surface area contributed by atoms with E-state index in [1.807, 2.05) is 25.1 Å². The second kappa shape index (κ2) is 4.70. The minimum atomic E-state index is -0.0197. The monoisotopic (exact) mass is 267 g/mol. The minimum Gasteiger partial charge on any atom is -0.508 e. The van der Waals surface area contributed by atoms with E-state index in [9.17, 15) is 10.2 Å². The molecule has 0 fully saturated rings. The molecule has 3 N–H and O–H groups in total. The fourth-order valence-corrected chi connectivity index (χ4v) is 2.17. The fraction of sp³-hybridized carbons (Fsp3) is 0.0667. The topological polar surface area (TPSA) is 82.0 Å². The molecule has 3 aromatic rings. The first-order valence-electron chi connectivity index (χ1n) is 6.15. The van der Waals surface area contributed by atoms with Gasteiger partial charge in [0.1, 0.15) is 17.2 Å². The van der Waals surface area contributed by atoms with Crippen molar-refractivity contribution in [2.75, 3.05) is 0 Å². The van der Waals surface area contributed by atoms with E-state index in [1.54, 1.807) is 12.3 Å². The lowest BCUT2D eigenvalue weighted by Crippen LogP contribution is -1.87. The van der Waals surface area contributed by atoms with Gasteiger partial charge in [-0.2, -0.15) is 5.10 Å². The summed E-state index contributed by atoms with van der Waals surface area (Å²) in [5.74, 6) is -0.00780. The van der Waals surface area contributed by atoms with Crippen LogP contribution in [0.3, 0.4) is 0 Å². The van der Waals surface area contributed by atoms with E-state index in [1.165, 1.54) is 12.1 Å². The standard InChI is InChI=1S/C15H13N3O2/c1-9-14(12-4-2-3-7-16-12)15(18-17-9)11-6-5-10(19)8-13(11)20/h2-8,19-20H,1H3,(H,17,18). The van der Waals surface area contributed by atoms with Gasteiger partial charge in [0.05, 0.1) is 5.69 Å². The smallest absolute Gasteiger partial charge is 0.128 e. The second-order valence-corrected chi connectivity index (χ2v) is 4.49. The lowest BCUT2D eigenvalue weighted by atomic mass is 10.0. The molecule has 2 heterocycles. The van der Waals surface area contributed by atoms with Crippen LogP contribution in [0, 0.1) is 6.92 Å². The molecule has 5 nitrogen and oxygen atoms in total. The van der Waals surface area contributed by atoms with Gasteiger partial charge in [-0.15, -0.1) is 0 Å². The van der Waals surface area contributed by atoms with Crippen molar-refractivity contribution in [1.29, 1.82) is 0 Å². The molecule has 0 spiro atoms. The van der Waals surface area contributed by atoms with E-state index < -0.39 is 0 Å². The van der Waals surface area contributed by atoms with Crippen LogP contribution in [-0.4, -0.2) is 25.4 Å². The molecule has 0 unspecified atom stereocenters. The molecule has 100 valence electrons. The summed E-state index contributed by atoms with van der Waals surface area (Å²) >= 11 is 0. The molecule has 1 aromatic carbocycles. The van der Waals surface area contributed by atoms with Crippen molar-refractivity contribution in [3.05, 3.63) is 48.3 Å². The number of nitrogens with one attached hydrogen (secondary N) is 1. The van der Waals surface area contributed by atoms with Crippen LogP contribution in [-0.2, 0) is 0 Å². The third kappa shape index (κ3) is 1.99. The lowest BCUT2D eigenvalue weighted by Gasteiger charge is -2.06. The summed E-state index contributed by atoms with van der Waals surface area (Å²) < 4.78 is 0. The van der Waals surface area contributed by atoms with Crippen molar-refractivity contribution in [2.24, 2.45) is 0 Å². The van der Waals surface area contributed by atoms with Gasteiger partial charge in [0, 0.05) is 29.1 Å². The minimum absolute atomic E-state index is 0.0119. The summed E-state index contributed by atoms with van der Waals surface area (Å²) in [5.41, 5.74) is 3.64. The largest absolute Gasteiger partial charge is 0.508 e. The van der Waals surface area contributed by atoms with E-state index in [4.69, 9.17) is 0 Å². The number of aromatic amines is 1. The van der Waals surface area contributed by atoms with Gasteiger partial charge < -0.3 is 10.2 Å². The molecule has 0 aliphatic rings. The van der Waals surface area contributed by atoms with Crippen LogP contribution in [0.4, 0.5) is 0 Å². The number of nitrogens with zero attached hydrogens (tertiary/aromatic N) is 2. The summed E-state index contributed by atoms with van der Waals surface area (Å²) in [6, 6.07) is 10.1. The predicted molar refractivity (Wildman–Crippen MR) is 75.3 cm³/mol. The number of benzene rings is 1. The number of aromatic nitrogens is 3. The van der Waals surface area contributed by atoms with E-state index >= 15 is 0 Å². The van der Waals surface area contributed by atoms with E-state index in [0.29, 0.717) is 11.3 Å². The molecule has 3 rings (SSSR count). The molecule has 0 radical (unpaired) electrons. The molecule has 2 aromatic heterocycles. The number of phenols is 2. The van der Waals surface area contributed by atoms with Gasteiger partial charge in [-0.25, -0.2) is 0 Å². The SMILES string of the molecule is Cc1[nH]nc(-c2ccc(O)cc2O)c1-c1ccccn1. The Balaban J connectivity index is 2.21. The number of aromatic hydroxyl groups is 2. The van der Waals surface area contributed by atoms with Crippen LogP contribution in [0.15, 0.2) is 42.6 Å². The molecule has 0 saturated heterocycles. The zero-order valence-corrected chi connectivity index (χ0v) is 10.8. The fourth-order valence-electron chi connectivity index (χ4n) is 2.17.